The Labute approximate surface area is 182 Å². The average molecular weight is 479 g/mol. The number of aromatic nitrogens is 2. The predicted octanol–water partition coefficient (Wildman–Crippen LogP) is 6.86. The molecule has 0 radical (unpaired) electrons. The third-order valence-electron chi connectivity index (χ3n) is 3.52. The number of nitrogens with zero attached hydrogens (tertiary/aromatic N) is 2. The van der Waals surface area contributed by atoms with E-state index in [1.54, 1.807) is 18.2 Å². The lowest BCUT2D eigenvalue weighted by molar-refractivity contribution is -0.137. The lowest BCUT2D eigenvalue weighted by Crippen LogP contribution is -2.14. The smallest absolute Gasteiger partial charge is 0.321 e. The molecule has 1 amide bonds. The number of hydrogen-bond acceptors (Lipinski definition) is 4. The van der Waals surface area contributed by atoms with E-state index in [1.807, 2.05) is 0 Å². The van der Waals surface area contributed by atoms with Crippen LogP contribution in [0.4, 0.5) is 18.9 Å². The van der Waals surface area contributed by atoms with Crippen LogP contribution in [0.1, 0.15) is 15.9 Å². The standard InChI is InChI=1S/C18H9Cl3F3N3OS/c19-10-3-4-14(12(20)7-10)27-15(28)11-2-1-5-25-16(11)29-17-13(21)6-9(8-26-17)18(22,23)24/h1-8H,(H,27,28). The summed E-state index contributed by atoms with van der Waals surface area (Å²) >= 11 is 18.7. The summed E-state index contributed by atoms with van der Waals surface area (Å²) in [6, 6.07) is 8.40. The number of hydrogen-bond donors (Lipinski definition) is 1. The lowest BCUT2D eigenvalue weighted by Gasteiger charge is -2.11. The van der Waals surface area contributed by atoms with Gasteiger partial charge in [0.1, 0.15) is 10.1 Å². The van der Waals surface area contributed by atoms with E-state index in [9.17, 15) is 18.0 Å². The van der Waals surface area contributed by atoms with Crippen molar-refractivity contribution in [3.05, 3.63) is 75.0 Å². The molecule has 3 aromatic rings. The molecule has 4 nitrogen and oxygen atoms in total. The Balaban J connectivity index is 1.86. The second kappa shape index (κ2) is 8.79. The van der Waals surface area contributed by atoms with Crippen LogP contribution in [-0.2, 0) is 6.18 Å². The number of nitrogens with one attached hydrogen (secondary N) is 1. The zero-order valence-electron chi connectivity index (χ0n) is 14.1. The van der Waals surface area contributed by atoms with Gasteiger partial charge in [0.2, 0.25) is 0 Å². The second-order valence-electron chi connectivity index (χ2n) is 5.55. The molecule has 3 rings (SSSR count). The molecule has 0 unspecified atom stereocenters. The zero-order chi connectivity index (χ0) is 21.2. The van der Waals surface area contributed by atoms with Crippen LogP contribution >= 0.6 is 46.6 Å². The summed E-state index contributed by atoms with van der Waals surface area (Å²) in [4.78, 5) is 20.5. The maximum atomic E-state index is 12.8. The number of carbonyl (C=O) groups excluding carboxylic acids is 1. The molecule has 0 saturated carbocycles. The van der Waals surface area contributed by atoms with Gasteiger partial charge in [-0.1, -0.05) is 34.8 Å². The SMILES string of the molecule is O=C(Nc1ccc(Cl)cc1Cl)c1cccnc1Sc1ncc(C(F)(F)F)cc1Cl. The molecule has 1 aromatic carbocycles. The fourth-order valence-corrected chi connectivity index (χ4v) is 3.74. The Morgan fingerprint density at radius 2 is 1.76 bits per heavy atom. The Bertz CT molecular complexity index is 1080. The Kier molecular flexibility index (Phi) is 6.58. The molecule has 0 atom stereocenters. The monoisotopic (exact) mass is 477 g/mol. The molecular weight excluding hydrogens is 470 g/mol. The fraction of sp³-hybridized carbons (Fsp3) is 0.0556. The largest absolute Gasteiger partial charge is 0.417 e. The van der Waals surface area contributed by atoms with Crippen molar-refractivity contribution in [3.63, 3.8) is 0 Å². The minimum atomic E-state index is -4.56. The highest BCUT2D eigenvalue weighted by Gasteiger charge is 2.31. The van der Waals surface area contributed by atoms with E-state index in [0.717, 1.165) is 17.8 Å². The quantitative estimate of drug-likeness (QED) is 0.445. The van der Waals surface area contributed by atoms with Gasteiger partial charge in [0.25, 0.3) is 5.91 Å². The van der Waals surface area contributed by atoms with Gasteiger partial charge in [0.15, 0.2) is 0 Å². The van der Waals surface area contributed by atoms with Crippen molar-refractivity contribution in [1.82, 2.24) is 9.97 Å². The molecule has 2 heterocycles. The number of rotatable bonds is 4. The van der Waals surface area contributed by atoms with E-state index >= 15 is 0 Å². The van der Waals surface area contributed by atoms with Crippen molar-refractivity contribution >= 4 is 58.2 Å². The molecule has 0 aliphatic carbocycles. The number of anilines is 1. The van der Waals surface area contributed by atoms with Crippen molar-refractivity contribution in [1.29, 1.82) is 0 Å². The second-order valence-corrected chi connectivity index (χ2v) is 7.77. The van der Waals surface area contributed by atoms with Crippen LogP contribution in [-0.4, -0.2) is 15.9 Å². The summed E-state index contributed by atoms with van der Waals surface area (Å²) in [6.45, 7) is 0. The maximum absolute atomic E-state index is 12.8. The highest BCUT2D eigenvalue weighted by atomic mass is 35.5. The van der Waals surface area contributed by atoms with Crippen molar-refractivity contribution < 1.29 is 18.0 Å². The summed E-state index contributed by atoms with van der Waals surface area (Å²) in [6.07, 6.45) is -2.45. The predicted molar refractivity (Wildman–Crippen MR) is 107 cm³/mol. The number of alkyl halides is 3. The van der Waals surface area contributed by atoms with E-state index in [1.165, 1.54) is 18.3 Å². The summed E-state index contributed by atoms with van der Waals surface area (Å²) < 4.78 is 38.3. The minimum absolute atomic E-state index is 0.0805. The first-order chi connectivity index (χ1) is 13.6. The number of pyridine rings is 2. The van der Waals surface area contributed by atoms with E-state index in [4.69, 9.17) is 34.8 Å². The van der Waals surface area contributed by atoms with Gasteiger partial charge < -0.3 is 5.32 Å². The first-order valence-corrected chi connectivity index (χ1v) is 9.72. The van der Waals surface area contributed by atoms with Gasteiger partial charge >= 0.3 is 6.18 Å². The topological polar surface area (TPSA) is 54.9 Å². The highest BCUT2D eigenvalue weighted by Crippen LogP contribution is 2.37. The number of benzene rings is 1. The average Bonchev–Trinajstić information content (AvgIpc) is 2.65. The Morgan fingerprint density at radius 1 is 1.00 bits per heavy atom. The number of carbonyl (C=O) groups is 1. The van der Waals surface area contributed by atoms with Crippen LogP contribution in [0.3, 0.4) is 0 Å². The van der Waals surface area contributed by atoms with Crippen LogP contribution in [0.25, 0.3) is 0 Å². The van der Waals surface area contributed by atoms with Gasteiger partial charge in [0, 0.05) is 17.4 Å². The molecule has 0 bridgehead atoms. The maximum Gasteiger partial charge on any atom is 0.417 e. The third kappa shape index (κ3) is 5.33. The van der Waals surface area contributed by atoms with E-state index in [-0.39, 0.29) is 25.7 Å². The molecule has 1 N–H and O–H groups in total. The van der Waals surface area contributed by atoms with E-state index in [2.05, 4.69) is 15.3 Å². The van der Waals surface area contributed by atoms with Crippen molar-refractivity contribution in [2.75, 3.05) is 5.32 Å². The van der Waals surface area contributed by atoms with Crippen molar-refractivity contribution in [3.8, 4) is 0 Å². The number of halogens is 6. The zero-order valence-corrected chi connectivity index (χ0v) is 17.2. The van der Waals surface area contributed by atoms with Gasteiger partial charge in [-0.25, -0.2) is 9.97 Å². The van der Waals surface area contributed by atoms with Crippen molar-refractivity contribution in [2.45, 2.75) is 16.2 Å². The summed E-state index contributed by atoms with van der Waals surface area (Å²) in [7, 11) is 0. The fourth-order valence-electron chi connectivity index (χ4n) is 2.17. The third-order valence-corrected chi connectivity index (χ3v) is 5.51. The van der Waals surface area contributed by atoms with Gasteiger partial charge in [-0.05, 0) is 48.2 Å². The molecule has 150 valence electrons. The van der Waals surface area contributed by atoms with E-state index < -0.39 is 17.6 Å². The van der Waals surface area contributed by atoms with Crippen molar-refractivity contribution in [2.24, 2.45) is 0 Å². The molecule has 29 heavy (non-hydrogen) atoms. The molecule has 0 fully saturated rings. The summed E-state index contributed by atoms with van der Waals surface area (Å²) in [5, 5.41) is 3.38. The van der Waals surface area contributed by atoms with Crippen LogP contribution < -0.4 is 5.32 Å². The molecule has 0 aliphatic rings. The first-order valence-electron chi connectivity index (χ1n) is 7.77. The van der Waals surface area contributed by atoms with Gasteiger partial charge in [-0.2, -0.15) is 13.2 Å². The highest BCUT2D eigenvalue weighted by molar-refractivity contribution is 7.99. The van der Waals surface area contributed by atoms with E-state index in [0.29, 0.717) is 16.9 Å². The molecular formula is C18H9Cl3F3N3OS. The Morgan fingerprint density at radius 3 is 2.41 bits per heavy atom. The van der Waals surface area contributed by atoms with Gasteiger partial charge in [-0.3, -0.25) is 4.79 Å². The molecule has 0 saturated heterocycles. The molecule has 0 spiro atoms. The summed E-state index contributed by atoms with van der Waals surface area (Å²) in [5.41, 5.74) is -0.462. The van der Waals surface area contributed by atoms with Crippen LogP contribution in [0, 0.1) is 0 Å². The minimum Gasteiger partial charge on any atom is -0.321 e. The van der Waals surface area contributed by atoms with Gasteiger partial charge in [-0.15, -0.1) is 0 Å². The van der Waals surface area contributed by atoms with Crippen LogP contribution in [0.2, 0.25) is 15.1 Å². The molecule has 0 aliphatic heterocycles. The van der Waals surface area contributed by atoms with Crippen LogP contribution in [0.5, 0.6) is 0 Å². The van der Waals surface area contributed by atoms with Crippen LogP contribution in [0.15, 0.2) is 58.8 Å². The first kappa shape index (κ1) is 21.7. The lowest BCUT2D eigenvalue weighted by atomic mass is 10.2. The van der Waals surface area contributed by atoms with Gasteiger partial charge in [0.05, 0.1) is 26.9 Å². The number of amides is 1. The normalized spacial score (nSPS) is 11.4. The molecule has 2 aromatic heterocycles. The molecule has 11 heteroatoms. The summed E-state index contributed by atoms with van der Waals surface area (Å²) in [5.74, 6) is -0.521. The Hall–Kier alpha value is -2.00.